The number of H-pyrrole nitrogens is 2. The number of ketones is 4. The van der Waals surface area contributed by atoms with Crippen molar-refractivity contribution in [1.82, 2.24) is 70.4 Å². The molecular formula is C72H69FN14O11S3. The second-order valence-corrected chi connectivity index (χ2v) is 23.7. The molecule has 8 aromatic heterocycles. The number of aromatic nitrogens is 13. The highest BCUT2D eigenvalue weighted by Gasteiger charge is 2.23. The Labute approximate surface area is 590 Å². The summed E-state index contributed by atoms with van der Waals surface area (Å²) in [6.07, 6.45) is 6.68. The molecule has 25 nitrogen and oxygen atoms in total. The molecule has 8 heterocycles. The third-order valence-electron chi connectivity index (χ3n) is 14.0. The van der Waals surface area contributed by atoms with Gasteiger partial charge in [0.1, 0.15) is 35.0 Å². The summed E-state index contributed by atoms with van der Waals surface area (Å²) in [5, 5.41) is 37.0. The number of carbonyl (C=O) groups excluding carboxylic acids is 5. The van der Waals surface area contributed by atoms with Crippen LogP contribution in [0.3, 0.4) is 0 Å². The highest BCUT2D eigenvalue weighted by atomic mass is 32.1. The Balaban J connectivity index is 0.000000211. The van der Waals surface area contributed by atoms with Crippen molar-refractivity contribution in [3.63, 3.8) is 0 Å². The number of aldehydes is 1. The summed E-state index contributed by atoms with van der Waals surface area (Å²) in [5.41, 5.74) is 19.5. The lowest BCUT2D eigenvalue weighted by Gasteiger charge is -2.00. The predicted molar refractivity (Wildman–Crippen MR) is 390 cm³/mol. The van der Waals surface area contributed by atoms with Crippen LogP contribution in [0.25, 0.3) is 98.7 Å². The van der Waals surface area contributed by atoms with E-state index in [0.29, 0.717) is 34.5 Å². The molecule has 0 aliphatic carbocycles. The number of hydrogen-bond acceptors (Lipinski definition) is 20. The molecule has 0 amide bonds. The number of hydrogen-bond donors (Lipinski definition) is 6. The number of carboxylic acids is 3. The lowest BCUT2D eigenvalue weighted by molar-refractivity contribution is -0.135. The van der Waals surface area contributed by atoms with E-state index in [-0.39, 0.29) is 36.4 Å². The number of Topliss-reactive ketones (excluding diaryl/α,β-unsaturated/α-hetero) is 4. The zero-order chi connectivity index (χ0) is 72.2. The van der Waals surface area contributed by atoms with E-state index in [2.05, 4.69) is 52.3 Å². The van der Waals surface area contributed by atoms with E-state index in [0.717, 1.165) is 113 Å². The van der Waals surface area contributed by atoms with Crippen molar-refractivity contribution in [3.05, 3.63) is 214 Å². The number of rotatable bonds is 14. The van der Waals surface area contributed by atoms with Gasteiger partial charge in [-0.15, -0.1) is 34.0 Å². The van der Waals surface area contributed by atoms with Crippen molar-refractivity contribution in [3.8, 4) is 68.1 Å². The Morgan fingerprint density at radius 2 is 0.891 bits per heavy atom. The third kappa shape index (κ3) is 20.4. The minimum atomic E-state index is -1.00. The maximum Gasteiger partial charge on any atom is 0.335 e. The normalized spacial score (nSPS) is 10.3. The molecule has 14 rings (SSSR count). The number of imidazole rings is 2. The smallest absolute Gasteiger partial charge is 0.335 e. The van der Waals surface area contributed by atoms with E-state index < -0.39 is 36.6 Å². The van der Waals surface area contributed by atoms with Crippen molar-refractivity contribution in [1.29, 1.82) is 0 Å². The molecule has 8 N–H and O–H groups in total. The molecule has 0 saturated heterocycles. The minimum Gasteiger partial charge on any atom is -0.481 e. The number of thiazole rings is 3. The van der Waals surface area contributed by atoms with Gasteiger partial charge in [-0.05, 0) is 79.7 Å². The van der Waals surface area contributed by atoms with Crippen LogP contribution in [0, 0.1) is 0 Å². The Morgan fingerprint density at radius 3 is 1.27 bits per heavy atom. The second kappa shape index (κ2) is 36.3. The van der Waals surface area contributed by atoms with Crippen LogP contribution in [0.1, 0.15) is 105 Å². The summed E-state index contributed by atoms with van der Waals surface area (Å²) in [6, 6.07) is 43.5. The molecule has 101 heavy (non-hydrogen) atoms. The molecule has 6 aromatic carbocycles. The molecule has 0 spiro atoms. The Bertz CT molecular complexity index is 5190. The summed E-state index contributed by atoms with van der Waals surface area (Å²) in [7, 11) is 4.46. The van der Waals surface area contributed by atoms with Gasteiger partial charge in [-0.3, -0.25) is 52.0 Å². The monoisotopic (exact) mass is 1420 g/mol. The topological polar surface area (TPSA) is 382 Å². The van der Waals surface area contributed by atoms with Gasteiger partial charge in [0.05, 0.1) is 84.0 Å². The molecule has 0 radical (unpaired) electrons. The van der Waals surface area contributed by atoms with E-state index in [4.69, 9.17) is 36.2 Å². The first-order valence-corrected chi connectivity index (χ1v) is 32.2. The van der Waals surface area contributed by atoms with Crippen LogP contribution in [0.4, 0.5) is 4.39 Å². The SMILES string of the molecule is C.CC(=O)O.CC(=O)O.CC(=O)c1ccc(C=O)cc1.CCC(=O)c1ccc(-c2nc(-c3ccc4ncsc4c3)c(-c3ccn(C)n3)[nH]2)cc1.Cn1ccc(-c2[nH]c(-c3ccc(C(=O)O)cc3)nc2-c2ccc3ncsc3c2)n1.Cn1ccc(C(=O)C(=O)c2ccc3ncsc3c2)n1.N.[2H]CF. The number of carbonyl (C=O) groups is 8. The maximum atomic E-state index is 12.1. The van der Waals surface area contributed by atoms with E-state index >= 15 is 0 Å². The second-order valence-electron chi connectivity index (χ2n) is 21.1. The number of aryl methyl sites for hydroxylation is 3. The predicted octanol–water partition coefficient (Wildman–Crippen LogP) is 15.2. The van der Waals surface area contributed by atoms with Gasteiger partial charge in [0, 0.05) is 105 Å². The van der Waals surface area contributed by atoms with Crippen LogP contribution in [0.2, 0.25) is 0 Å². The lowest BCUT2D eigenvalue weighted by Crippen LogP contribution is -2.15. The maximum absolute atomic E-state index is 12.1. The van der Waals surface area contributed by atoms with Crippen molar-refractivity contribution in [2.24, 2.45) is 21.1 Å². The number of alkyl halides is 1. The Morgan fingerprint density at radius 1 is 0.515 bits per heavy atom. The van der Waals surface area contributed by atoms with Crippen LogP contribution in [0.5, 0.6) is 0 Å². The molecule has 0 bridgehead atoms. The molecule has 0 fully saturated rings. The number of aromatic amines is 2. The molecule has 0 unspecified atom stereocenters. The van der Waals surface area contributed by atoms with Gasteiger partial charge in [0.2, 0.25) is 5.78 Å². The number of aliphatic carboxylic acids is 2. The number of halogens is 1. The number of carboxylic acid groups (broad SMARTS) is 3. The molecule has 0 atom stereocenters. The average molecular weight is 1420 g/mol. The molecular weight excluding hydrogens is 1350 g/mol. The van der Waals surface area contributed by atoms with Gasteiger partial charge < -0.3 is 31.4 Å². The highest BCUT2D eigenvalue weighted by Crippen LogP contribution is 2.37. The van der Waals surface area contributed by atoms with E-state index in [9.17, 15) is 33.2 Å². The zero-order valence-electron chi connectivity index (χ0n) is 55.6. The van der Waals surface area contributed by atoms with Gasteiger partial charge in [-0.25, -0.2) is 29.7 Å². The summed E-state index contributed by atoms with van der Waals surface area (Å²) in [6.45, 7) is 5.53. The van der Waals surface area contributed by atoms with Crippen LogP contribution in [-0.4, -0.2) is 134 Å². The quantitative estimate of drug-likeness (QED) is 0.0334. The standard InChI is InChI=1S/C23H19N5OS.C21H15N5O2S.C13H9N3O2S.C9H8O2.2C2H4O2.CH3F.CH4.H3N/c1-3-19(29)14-4-6-15(7-5-14)23-25-21(22(26-23)18-10-11-28(2)27-18)16-8-9-17-20(12-16)30-13-24-17;1-26-9-8-16(25-26)19-18(14-6-7-15-17(10-14)29-11-22-15)23-20(24-19)12-2-4-13(5-3-12)21(27)28;1-16-5-4-10(15-16)13(18)12(17)8-2-3-9-11(6-8)19-7-14-9;1-7(11)9-4-2-8(6-10)3-5-9;2*1-2(3)4;1-2;;/h4-13H,3H2,1-2H3,(H,25,26);2-11H,1H3,(H,23,24)(H,27,28);2-7H,1H3;2-6H,1H3;2*1H3,(H,3,4);1H3;1H4;1H3/i;;;;;;1D;;. The van der Waals surface area contributed by atoms with Crippen molar-refractivity contribution in [2.75, 3.05) is 7.15 Å². The molecule has 29 heteroatoms. The fourth-order valence-electron chi connectivity index (χ4n) is 9.28. The average Bonchev–Trinajstić information content (AvgIpc) is 1.65. The van der Waals surface area contributed by atoms with Crippen molar-refractivity contribution >= 4 is 112 Å². The first-order chi connectivity index (χ1) is 48.0. The number of nitrogens with zero attached hydrogens (tertiary/aromatic N) is 11. The molecule has 0 saturated carbocycles. The van der Waals surface area contributed by atoms with E-state index in [1.54, 1.807) is 118 Å². The number of aromatic carboxylic acids is 1. The van der Waals surface area contributed by atoms with Gasteiger partial charge in [0.15, 0.2) is 11.6 Å². The van der Waals surface area contributed by atoms with Gasteiger partial charge >= 0.3 is 5.97 Å². The Kier molecular flexibility index (Phi) is 27.4. The van der Waals surface area contributed by atoms with E-state index in [1.807, 2.05) is 105 Å². The summed E-state index contributed by atoms with van der Waals surface area (Å²) < 4.78 is 23.6. The zero-order valence-corrected chi connectivity index (χ0v) is 57.1. The summed E-state index contributed by atoms with van der Waals surface area (Å²) in [5.74, 6) is -2.22. The van der Waals surface area contributed by atoms with Crippen LogP contribution in [-0.2, 0) is 30.7 Å². The Hall–Kier alpha value is -12.3. The molecule has 518 valence electrons. The first-order valence-electron chi connectivity index (χ1n) is 30.2. The summed E-state index contributed by atoms with van der Waals surface area (Å²) >= 11 is 4.63. The van der Waals surface area contributed by atoms with Crippen LogP contribution >= 0.6 is 34.0 Å². The third-order valence-corrected chi connectivity index (χ3v) is 16.3. The largest absolute Gasteiger partial charge is 0.481 e. The minimum absolute atomic E-state index is 0. The fourth-order valence-corrected chi connectivity index (χ4v) is 11.4. The van der Waals surface area contributed by atoms with Crippen LogP contribution in [0.15, 0.2) is 181 Å². The molecule has 14 aromatic rings. The number of benzene rings is 6. The lowest BCUT2D eigenvalue weighted by atomic mass is 10.1. The van der Waals surface area contributed by atoms with Crippen molar-refractivity contribution in [2.45, 2.75) is 41.5 Å². The highest BCUT2D eigenvalue weighted by molar-refractivity contribution is 7.17. The summed E-state index contributed by atoms with van der Waals surface area (Å²) in [4.78, 5) is 116. The van der Waals surface area contributed by atoms with Gasteiger partial charge in [-0.1, -0.05) is 87.1 Å². The molecule has 0 aliphatic heterocycles. The number of fused-ring (bicyclic) bond motifs is 3. The van der Waals surface area contributed by atoms with Crippen molar-refractivity contribution < 1.29 is 59.4 Å². The molecule has 0 aliphatic rings. The van der Waals surface area contributed by atoms with Gasteiger partial charge in [0.25, 0.3) is 17.7 Å². The fraction of sp³-hybridized carbons (Fsp3) is 0.139. The van der Waals surface area contributed by atoms with Crippen LogP contribution < -0.4 is 6.15 Å². The first kappa shape index (κ1) is 76.1. The van der Waals surface area contributed by atoms with Gasteiger partial charge in [-0.2, -0.15) is 15.3 Å². The number of nitrogens with one attached hydrogen (secondary N) is 2. The van der Waals surface area contributed by atoms with E-state index in [1.165, 1.54) is 29.0 Å².